The summed E-state index contributed by atoms with van der Waals surface area (Å²) in [7, 11) is 0. The minimum atomic E-state index is -1.02. The zero-order valence-electron chi connectivity index (χ0n) is 10.9. The first-order valence-electron chi connectivity index (χ1n) is 5.83. The lowest BCUT2D eigenvalue weighted by Crippen LogP contribution is -2.20. The van der Waals surface area contributed by atoms with Crippen LogP contribution in [0.2, 0.25) is 0 Å². The van der Waals surface area contributed by atoms with Crippen molar-refractivity contribution in [2.24, 2.45) is 5.41 Å². The molecule has 1 aromatic carbocycles. The van der Waals surface area contributed by atoms with Gasteiger partial charge in [-0.25, -0.2) is 4.39 Å². The van der Waals surface area contributed by atoms with Crippen LogP contribution in [0.4, 0.5) is 10.1 Å². The largest absolute Gasteiger partial charge is 0.491 e. The van der Waals surface area contributed by atoms with Crippen LogP contribution in [0.25, 0.3) is 0 Å². The third kappa shape index (κ3) is 5.33. The molecule has 0 bridgehead atoms. The van der Waals surface area contributed by atoms with Crippen LogP contribution in [0.1, 0.15) is 27.2 Å². The van der Waals surface area contributed by atoms with Gasteiger partial charge in [0.1, 0.15) is 18.5 Å². The van der Waals surface area contributed by atoms with Crippen LogP contribution in [0.15, 0.2) is 24.3 Å². The van der Waals surface area contributed by atoms with Crippen LogP contribution in [0, 0.1) is 5.41 Å². The molecule has 102 valence electrons. The Bertz CT molecular complexity index is 359. The third-order valence-electron chi connectivity index (χ3n) is 2.33. The Morgan fingerprint density at radius 2 is 1.78 bits per heavy atom. The van der Waals surface area contributed by atoms with Crippen molar-refractivity contribution in [2.75, 3.05) is 11.8 Å². The Balaban J connectivity index is 2.44. The van der Waals surface area contributed by atoms with Crippen molar-refractivity contribution in [3.8, 4) is 5.75 Å². The fourth-order valence-corrected chi connectivity index (χ4v) is 1.59. The smallest absolute Gasteiger partial charge is 0.134 e. The van der Waals surface area contributed by atoms with Crippen molar-refractivity contribution >= 4 is 5.69 Å². The van der Waals surface area contributed by atoms with E-state index in [9.17, 15) is 4.39 Å². The number of rotatable bonds is 5. The summed E-state index contributed by atoms with van der Waals surface area (Å²) in [6.45, 7) is 5.93. The molecule has 0 amide bonds. The first kappa shape index (κ1) is 14.7. The number of benzene rings is 1. The molecule has 2 N–H and O–H groups in total. The first-order valence-corrected chi connectivity index (χ1v) is 5.83. The van der Waals surface area contributed by atoms with Crippen molar-refractivity contribution in [3.63, 3.8) is 0 Å². The van der Waals surface area contributed by atoms with Gasteiger partial charge < -0.3 is 4.74 Å². The molecule has 1 atom stereocenters. The predicted molar refractivity (Wildman–Crippen MR) is 67.0 cm³/mol. The lowest BCUT2D eigenvalue weighted by molar-refractivity contribution is 0.0291. The number of nitrogens with zero attached hydrogens (tertiary/aromatic N) is 1. The monoisotopic (exact) mass is 257 g/mol. The van der Waals surface area contributed by atoms with Crippen molar-refractivity contribution in [3.05, 3.63) is 24.3 Å². The highest BCUT2D eigenvalue weighted by Gasteiger charge is 2.18. The number of hydrogen-bond acceptors (Lipinski definition) is 4. The standard InChI is InChI=1S/C13H20FNO3/c1-13(2,3)8-10(14)9-18-12-6-4-11(5-7-12)15(16)17/h4-7,10,16-17H,8-9H2,1-3H3. The maximum atomic E-state index is 13.6. The second kappa shape index (κ2) is 6.02. The van der Waals surface area contributed by atoms with Crippen molar-refractivity contribution in [1.82, 2.24) is 0 Å². The SMILES string of the molecule is CC(C)(C)CC(F)COc1ccc(N(O)O)cc1. The summed E-state index contributed by atoms with van der Waals surface area (Å²) in [5, 5.41) is 17.5. The average molecular weight is 257 g/mol. The van der Waals surface area contributed by atoms with Crippen LogP contribution >= 0.6 is 0 Å². The topological polar surface area (TPSA) is 52.9 Å². The molecule has 0 aliphatic heterocycles. The van der Waals surface area contributed by atoms with Crippen molar-refractivity contribution < 1.29 is 19.5 Å². The molecule has 4 nitrogen and oxygen atoms in total. The molecule has 1 rings (SSSR count). The summed E-state index contributed by atoms with van der Waals surface area (Å²) in [6.07, 6.45) is -0.580. The summed E-state index contributed by atoms with van der Waals surface area (Å²) < 4.78 is 18.9. The summed E-state index contributed by atoms with van der Waals surface area (Å²) in [5.41, 5.74) is 0.148. The second-order valence-corrected chi connectivity index (χ2v) is 5.46. The molecule has 0 aliphatic rings. The zero-order valence-corrected chi connectivity index (χ0v) is 10.9. The zero-order chi connectivity index (χ0) is 13.8. The predicted octanol–water partition coefficient (Wildman–Crippen LogP) is 3.42. The molecule has 0 fully saturated rings. The van der Waals surface area contributed by atoms with E-state index in [1.165, 1.54) is 12.1 Å². The molecule has 18 heavy (non-hydrogen) atoms. The first-order chi connectivity index (χ1) is 8.28. The highest BCUT2D eigenvalue weighted by atomic mass is 19.1. The summed E-state index contributed by atoms with van der Waals surface area (Å²) >= 11 is 0. The van der Waals surface area contributed by atoms with Gasteiger partial charge in [-0.2, -0.15) is 0 Å². The molecule has 0 aliphatic carbocycles. The van der Waals surface area contributed by atoms with Crippen molar-refractivity contribution in [2.45, 2.75) is 33.4 Å². The minimum absolute atomic E-state index is 0.00141. The quantitative estimate of drug-likeness (QED) is 0.793. The fourth-order valence-electron chi connectivity index (χ4n) is 1.59. The van der Waals surface area contributed by atoms with Gasteiger partial charge in [0.2, 0.25) is 0 Å². The fraction of sp³-hybridized carbons (Fsp3) is 0.538. The van der Waals surface area contributed by atoms with E-state index < -0.39 is 6.17 Å². The van der Waals surface area contributed by atoms with Gasteiger partial charge in [0.25, 0.3) is 0 Å². The molecule has 0 heterocycles. The number of hydrogen-bond donors (Lipinski definition) is 2. The van der Waals surface area contributed by atoms with E-state index in [2.05, 4.69) is 0 Å². The van der Waals surface area contributed by atoms with Gasteiger partial charge in [-0.05, 0) is 36.1 Å². The Morgan fingerprint density at radius 3 is 2.22 bits per heavy atom. The van der Waals surface area contributed by atoms with Crippen LogP contribution < -0.4 is 9.96 Å². The van der Waals surface area contributed by atoms with Crippen LogP contribution in [-0.2, 0) is 0 Å². The normalized spacial score (nSPS) is 13.2. The van der Waals surface area contributed by atoms with Gasteiger partial charge in [0.05, 0.1) is 5.69 Å². The van der Waals surface area contributed by atoms with Crippen LogP contribution in [0.5, 0.6) is 5.75 Å². The second-order valence-electron chi connectivity index (χ2n) is 5.46. The maximum Gasteiger partial charge on any atom is 0.134 e. The Hall–Kier alpha value is -1.33. The number of alkyl halides is 1. The molecule has 0 radical (unpaired) electrons. The molecule has 0 aromatic heterocycles. The maximum absolute atomic E-state index is 13.6. The van der Waals surface area contributed by atoms with E-state index in [1.807, 2.05) is 20.8 Å². The molecule has 0 spiro atoms. The van der Waals surface area contributed by atoms with E-state index in [1.54, 1.807) is 12.1 Å². The van der Waals surface area contributed by atoms with E-state index >= 15 is 0 Å². The Kier molecular flexibility index (Phi) is 4.93. The van der Waals surface area contributed by atoms with Gasteiger partial charge in [-0.3, -0.25) is 10.4 Å². The molecule has 1 unspecified atom stereocenters. The highest BCUT2D eigenvalue weighted by molar-refractivity contribution is 5.44. The summed E-state index contributed by atoms with van der Waals surface area (Å²) in [5.74, 6) is 0.497. The number of ether oxygens (including phenoxy) is 1. The molecule has 1 aromatic rings. The van der Waals surface area contributed by atoms with E-state index in [0.29, 0.717) is 12.2 Å². The summed E-state index contributed by atoms with van der Waals surface area (Å²) in [6, 6.07) is 6.04. The van der Waals surface area contributed by atoms with E-state index in [0.717, 1.165) is 0 Å². The Labute approximate surface area is 107 Å². The van der Waals surface area contributed by atoms with Gasteiger partial charge in [0.15, 0.2) is 0 Å². The van der Waals surface area contributed by atoms with Gasteiger partial charge in [-0.1, -0.05) is 20.8 Å². The van der Waals surface area contributed by atoms with Crippen molar-refractivity contribution in [1.29, 1.82) is 0 Å². The average Bonchev–Trinajstić information content (AvgIpc) is 2.24. The molecular weight excluding hydrogens is 237 g/mol. The van der Waals surface area contributed by atoms with E-state index in [4.69, 9.17) is 15.2 Å². The lowest BCUT2D eigenvalue weighted by atomic mass is 9.90. The van der Waals surface area contributed by atoms with Gasteiger partial charge in [0, 0.05) is 0 Å². The lowest BCUT2D eigenvalue weighted by Gasteiger charge is -2.21. The number of anilines is 1. The molecular formula is C13H20FNO3. The number of halogens is 1. The summed E-state index contributed by atoms with van der Waals surface area (Å²) in [4.78, 5) is 0. The van der Waals surface area contributed by atoms with Crippen LogP contribution in [0.3, 0.4) is 0 Å². The molecule has 0 saturated carbocycles. The van der Waals surface area contributed by atoms with E-state index in [-0.39, 0.29) is 22.9 Å². The van der Waals surface area contributed by atoms with Crippen LogP contribution in [-0.4, -0.2) is 23.2 Å². The van der Waals surface area contributed by atoms with Gasteiger partial charge >= 0.3 is 0 Å². The molecule has 0 saturated heterocycles. The minimum Gasteiger partial charge on any atom is -0.491 e. The highest BCUT2D eigenvalue weighted by Crippen LogP contribution is 2.23. The third-order valence-corrected chi connectivity index (χ3v) is 2.33. The Morgan fingerprint density at radius 1 is 1.22 bits per heavy atom. The molecule has 5 heteroatoms. The van der Waals surface area contributed by atoms with Gasteiger partial charge in [-0.15, -0.1) is 5.23 Å².